The van der Waals surface area contributed by atoms with Crippen LogP contribution in [-0.4, -0.2) is 25.0 Å². The second-order valence-electron chi connectivity index (χ2n) is 7.39. The van der Waals surface area contributed by atoms with E-state index < -0.39 is 11.3 Å². The number of ether oxygens (including phenoxy) is 2. The summed E-state index contributed by atoms with van der Waals surface area (Å²) in [6.45, 7) is 1.98. The molecular weight excluding hydrogens is 402 g/mol. The van der Waals surface area contributed by atoms with Crippen LogP contribution < -0.4 is 15.0 Å². The summed E-state index contributed by atoms with van der Waals surface area (Å²) in [5, 5.41) is 0.822. The number of aromatic amines is 1. The fraction of sp³-hybridized carbons (Fsp3) is 0.111. The molecule has 4 aromatic rings. The monoisotopic (exact) mass is 425 g/mol. The summed E-state index contributed by atoms with van der Waals surface area (Å²) in [4.78, 5) is 29.3. The maximum Gasteiger partial charge on any atom is 0.260 e. The molecule has 0 radical (unpaired) electrons. The molecule has 0 unspecified atom stereocenters. The second-order valence-corrected chi connectivity index (χ2v) is 7.39. The van der Waals surface area contributed by atoms with Crippen LogP contribution in [0.2, 0.25) is 0 Å². The van der Waals surface area contributed by atoms with Gasteiger partial charge in [-0.1, -0.05) is 48.0 Å². The summed E-state index contributed by atoms with van der Waals surface area (Å²) < 4.78 is 10.8. The maximum absolute atomic E-state index is 13.4. The Hall–Kier alpha value is -4.12. The van der Waals surface area contributed by atoms with Crippen molar-refractivity contribution in [3.63, 3.8) is 0 Å². The maximum atomic E-state index is 13.4. The summed E-state index contributed by atoms with van der Waals surface area (Å²) in [5.41, 5.74) is 3.44. The average Bonchev–Trinajstić information content (AvgIpc) is 2.82. The van der Waals surface area contributed by atoms with Crippen LogP contribution in [0.25, 0.3) is 28.1 Å². The zero-order chi connectivity index (χ0) is 22.7. The number of benzene rings is 3. The van der Waals surface area contributed by atoms with Crippen molar-refractivity contribution >= 4 is 22.8 Å². The summed E-state index contributed by atoms with van der Waals surface area (Å²) in [5.74, 6) is 0.737. The molecule has 0 bridgehead atoms. The zero-order valence-corrected chi connectivity index (χ0v) is 18.1. The Kier molecular flexibility index (Phi) is 5.90. The van der Waals surface area contributed by atoms with Gasteiger partial charge in [0.25, 0.3) is 5.56 Å². The minimum Gasteiger partial charge on any atom is -0.496 e. The number of fused-ring (bicyclic) bond motifs is 1. The first-order valence-electron chi connectivity index (χ1n) is 10.2. The summed E-state index contributed by atoms with van der Waals surface area (Å²) >= 11 is 0. The molecule has 3 aromatic carbocycles. The molecule has 5 nitrogen and oxygen atoms in total. The number of H-pyrrole nitrogens is 1. The van der Waals surface area contributed by atoms with Gasteiger partial charge in [-0.2, -0.15) is 0 Å². The van der Waals surface area contributed by atoms with Crippen LogP contribution in [0.1, 0.15) is 21.5 Å². The topological polar surface area (TPSA) is 68.4 Å². The van der Waals surface area contributed by atoms with E-state index in [1.165, 1.54) is 6.08 Å². The number of hydrogen-bond acceptors (Lipinski definition) is 4. The van der Waals surface area contributed by atoms with E-state index in [0.717, 1.165) is 16.5 Å². The Bertz CT molecular complexity index is 1360. The molecular formula is C27H23NO4. The Labute approximate surface area is 185 Å². The molecule has 0 aliphatic heterocycles. The predicted molar refractivity (Wildman–Crippen MR) is 128 cm³/mol. The number of nitrogens with one attached hydrogen (secondary N) is 1. The first-order chi connectivity index (χ1) is 15.5. The number of aromatic nitrogens is 1. The van der Waals surface area contributed by atoms with E-state index in [9.17, 15) is 9.59 Å². The van der Waals surface area contributed by atoms with Gasteiger partial charge in [0.1, 0.15) is 11.5 Å². The van der Waals surface area contributed by atoms with Gasteiger partial charge >= 0.3 is 0 Å². The smallest absolute Gasteiger partial charge is 0.260 e. The van der Waals surface area contributed by atoms with Crippen LogP contribution in [0.15, 0.2) is 77.6 Å². The third-order valence-electron chi connectivity index (χ3n) is 5.35. The number of pyridine rings is 1. The summed E-state index contributed by atoms with van der Waals surface area (Å²) in [6.07, 6.45) is 3.01. The lowest BCUT2D eigenvalue weighted by Gasteiger charge is -2.12. The zero-order valence-electron chi connectivity index (χ0n) is 18.1. The first-order valence-corrected chi connectivity index (χ1v) is 10.2. The van der Waals surface area contributed by atoms with Gasteiger partial charge in [0.2, 0.25) is 0 Å². The highest BCUT2D eigenvalue weighted by Crippen LogP contribution is 2.32. The number of aryl methyl sites for hydroxylation is 1. The van der Waals surface area contributed by atoms with E-state index in [4.69, 9.17) is 9.47 Å². The largest absolute Gasteiger partial charge is 0.496 e. The molecule has 0 aliphatic carbocycles. The highest BCUT2D eigenvalue weighted by atomic mass is 16.5. The molecule has 0 saturated carbocycles. The van der Waals surface area contributed by atoms with Crippen LogP contribution >= 0.6 is 0 Å². The van der Waals surface area contributed by atoms with Gasteiger partial charge in [-0.3, -0.25) is 9.59 Å². The average molecular weight is 425 g/mol. The standard InChI is InChI=1S/C27H23NO4/c1-17-12-14-21-20(16-17)25(18-8-5-4-6-9-18)26(27(30)28-21)22(29)15-13-19-23(31-2)10-7-11-24(19)32-3/h4-16H,1-3H3,(H,28,30). The first kappa shape index (κ1) is 21.1. The van der Waals surface area contributed by atoms with Crippen molar-refractivity contribution in [3.05, 3.63) is 99.9 Å². The van der Waals surface area contributed by atoms with Crippen molar-refractivity contribution in [2.45, 2.75) is 6.92 Å². The van der Waals surface area contributed by atoms with Crippen molar-refractivity contribution < 1.29 is 14.3 Å². The van der Waals surface area contributed by atoms with E-state index in [2.05, 4.69) is 4.98 Å². The molecule has 5 heteroatoms. The van der Waals surface area contributed by atoms with Gasteiger partial charge in [-0.25, -0.2) is 0 Å². The molecule has 0 fully saturated rings. The predicted octanol–water partition coefficient (Wildman–Crippen LogP) is 5.42. The molecule has 0 aliphatic rings. The highest BCUT2D eigenvalue weighted by molar-refractivity contribution is 6.15. The van der Waals surface area contributed by atoms with E-state index in [1.807, 2.05) is 55.5 Å². The Balaban J connectivity index is 1.92. The fourth-order valence-electron chi connectivity index (χ4n) is 3.83. The number of rotatable bonds is 6. The molecule has 4 rings (SSSR count). The second kappa shape index (κ2) is 8.94. The van der Waals surface area contributed by atoms with Crippen molar-refractivity contribution in [2.24, 2.45) is 0 Å². The lowest BCUT2D eigenvalue weighted by molar-refractivity contribution is 0.104. The number of ketones is 1. The molecule has 0 saturated heterocycles. The third kappa shape index (κ3) is 3.93. The van der Waals surface area contributed by atoms with Crippen molar-refractivity contribution in [3.8, 4) is 22.6 Å². The normalized spacial score (nSPS) is 11.1. The van der Waals surface area contributed by atoms with Crippen LogP contribution in [0, 0.1) is 6.92 Å². The molecule has 160 valence electrons. The number of allylic oxidation sites excluding steroid dienone is 1. The van der Waals surface area contributed by atoms with E-state index >= 15 is 0 Å². The van der Waals surface area contributed by atoms with Gasteiger partial charge in [0.05, 0.1) is 25.3 Å². The van der Waals surface area contributed by atoms with Gasteiger partial charge < -0.3 is 14.5 Å². The van der Waals surface area contributed by atoms with E-state index in [0.29, 0.717) is 28.1 Å². The summed E-state index contributed by atoms with van der Waals surface area (Å²) in [7, 11) is 3.11. The molecule has 1 N–H and O–H groups in total. The van der Waals surface area contributed by atoms with Crippen LogP contribution in [0.4, 0.5) is 0 Å². The van der Waals surface area contributed by atoms with Crippen LogP contribution in [0.5, 0.6) is 11.5 Å². The van der Waals surface area contributed by atoms with Crippen molar-refractivity contribution in [1.82, 2.24) is 4.98 Å². The van der Waals surface area contributed by atoms with Crippen molar-refractivity contribution in [1.29, 1.82) is 0 Å². The number of carbonyl (C=O) groups is 1. The Morgan fingerprint density at radius 2 is 1.59 bits per heavy atom. The fourth-order valence-corrected chi connectivity index (χ4v) is 3.83. The van der Waals surface area contributed by atoms with Crippen molar-refractivity contribution in [2.75, 3.05) is 14.2 Å². The van der Waals surface area contributed by atoms with E-state index in [1.54, 1.807) is 38.5 Å². The van der Waals surface area contributed by atoms with Gasteiger partial charge in [0.15, 0.2) is 5.78 Å². The minimum atomic E-state index is -0.429. The lowest BCUT2D eigenvalue weighted by Crippen LogP contribution is -2.18. The Morgan fingerprint density at radius 3 is 2.25 bits per heavy atom. The third-order valence-corrected chi connectivity index (χ3v) is 5.35. The molecule has 0 atom stereocenters. The molecule has 0 spiro atoms. The highest BCUT2D eigenvalue weighted by Gasteiger charge is 2.19. The SMILES string of the molecule is COc1cccc(OC)c1C=CC(=O)c1c(-c2ccccc2)c2cc(C)ccc2[nH]c1=O. The van der Waals surface area contributed by atoms with Gasteiger partial charge in [-0.05, 0) is 48.9 Å². The number of methoxy groups -OCH3 is 2. The van der Waals surface area contributed by atoms with Crippen LogP contribution in [-0.2, 0) is 0 Å². The Morgan fingerprint density at radius 1 is 0.906 bits per heavy atom. The number of carbonyl (C=O) groups excluding carboxylic acids is 1. The molecule has 1 heterocycles. The minimum absolute atomic E-state index is 0.0967. The molecule has 0 amide bonds. The quantitative estimate of drug-likeness (QED) is 0.331. The van der Waals surface area contributed by atoms with Crippen LogP contribution in [0.3, 0.4) is 0 Å². The molecule has 1 aromatic heterocycles. The molecule has 32 heavy (non-hydrogen) atoms. The number of hydrogen-bond donors (Lipinski definition) is 1. The van der Waals surface area contributed by atoms with Gasteiger partial charge in [0, 0.05) is 16.5 Å². The lowest BCUT2D eigenvalue weighted by atomic mass is 9.93. The van der Waals surface area contributed by atoms with E-state index in [-0.39, 0.29) is 5.56 Å². The summed E-state index contributed by atoms with van der Waals surface area (Å²) in [6, 6.07) is 20.6. The van der Waals surface area contributed by atoms with Gasteiger partial charge in [-0.15, -0.1) is 0 Å².